The van der Waals surface area contributed by atoms with Gasteiger partial charge in [0.25, 0.3) is 0 Å². The Hall–Kier alpha value is -2.22. The molecule has 0 aliphatic carbocycles. The number of anilines is 1. The fraction of sp³-hybridized carbons (Fsp3) is 0.429. The van der Waals surface area contributed by atoms with E-state index in [4.69, 9.17) is 5.73 Å². The van der Waals surface area contributed by atoms with Gasteiger partial charge < -0.3 is 15.5 Å². The number of thiazole rings is 1. The molecule has 3 heterocycles. The smallest absolute Gasteiger partial charge is 0.225 e. The number of hydrogen-bond donors (Lipinski definition) is 1. The summed E-state index contributed by atoms with van der Waals surface area (Å²) in [4.78, 5) is 22.7. The molecular weight excluding hydrogens is 298 g/mol. The minimum absolute atomic E-state index is 0.599. The summed E-state index contributed by atoms with van der Waals surface area (Å²) in [5.74, 6) is 1.37. The summed E-state index contributed by atoms with van der Waals surface area (Å²) in [6, 6.07) is 1.83. The molecule has 1 aliphatic rings. The van der Waals surface area contributed by atoms with Crippen LogP contribution in [0.1, 0.15) is 10.6 Å². The first-order chi connectivity index (χ1) is 10.7. The van der Waals surface area contributed by atoms with Crippen molar-refractivity contribution < 1.29 is 0 Å². The van der Waals surface area contributed by atoms with Crippen LogP contribution in [0.5, 0.6) is 0 Å². The number of piperazine rings is 1. The quantitative estimate of drug-likeness (QED) is 0.668. The average Bonchev–Trinajstić information content (AvgIpc) is 2.99. The molecule has 7 nitrogen and oxygen atoms in total. The van der Waals surface area contributed by atoms with Crippen molar-refractivity contribution in [2.75, 3.05) is 31.1 Å². The highest BCUT2D eigenvalue weighted by Crippen LogP contribution is 2.14. The van der Waals surface area contributed by atoms with Crippen LogP contribution in [0.4, 0.5) is 5.95 Å². The Kier molecular flexibility index (Phi) is 4.47. The molecule has 2 N–H and O–H groups in total. The van der Waals surface area contributed by atoms with Gasteiger partial charge in [-0.3, -0.25) is 0 Å². The van der Waals surface area contributed by atoms with Gasteiger partial charge >= 0.3 is 0 Å². The maximum atomic E-state index is 6.11. The molecule has 0 bridgehead atoms. The van der Waals surface area contributed by atoms with Crippen LogP contribution in [0.2, 0.25) is 0 Å². The predicted octanol–water partition coefficient (Wildman–Crippen LogP) is 0.878. The largest absolute Gasteiger partial charge is 0.370 e. The molecule has 0 amide bonds. The maximum absolute atomic E-state index is 6.11. The number of rotatable bonds is 3. The van der Waals surface area contributed by atoms with Crippen LogP contribution in [-0.2, 0) is 6.54 Å². The van der Waals surface area contributed by atoms with Crippen molar-refractivity contribution >= 4 is 23.2 Å². The Labute approximate surface area is 133 Å². The zero-order valence-electron chi connectivity index (χ0n) is 12.5. The molecule has 0 saturated carbocycles. The number of guanidine groups is 1. The van der Waals surface area contributed by atoms with E-state index in [0.717, 1.165) is 37.8 Å². The summed E-state index contributed by atoms with van der Waals surface area (Å²) >= 11 is 1.62. The highest BCUT2D eigenvalue weighted by molar-refractivity contribution is 7.09. The van der Waals surface area contributed by atoms with Gasteiger partial charge in [0.15, 0.2) is 5.96 Å². The van der Waals surface area contributed by atoms with Crippen LogP contribution >= 0.6 is 11.3 Å². The molecule has 2 aromatic heterocycles. The Morgan fingerprint density at radius 1 is 1.23 bits per heavy atom. The number of aryl methyl sites for hydroxylation is 1. The van der Waals surface area contributed by atoms with Gasteiger partial charge in [0.2, 0.25) is 5.95 Å². The lowest BCUT2D eigenvalue weighted by Crippen LogP contribution is -2.51. The van der Waals surface area contributed by atoms with Crippen molar-refractivity contribution in [3.05, 3.63) is 34.5 Å². The summed E-state index contributed by atoms with van der Waals surface area (Å²) in [5.41, 5.74) is 8.99. The third-order valence-electron chi connectivity index (χ3n) is 3.67. The van der Waals surface area contributed by atoms with E-state index in [2.05, 4.69) is 29.7 Å². The lowest BCUT2D eigenvalue weighted by atomic mass is 10.3. The van der Waals surface area contributed by atoms with E-state index in [0.29, 0.717) is 12.5 Å². The minimum atomic E-state index is 0.599. The van der Waals surface area contributed by atoms with Crippen molar-refractivity contribution in [3.63, 3.8) is 0 Å². The van der Waals surface area contributed by atoms with Crippen LogP contribution in [0, 0.1) is 6.92 Å². The summed E-state index contributed by atoms with van der Waals surface area (Å²) in [6.45, 7) is 5.95. The van der Waals surface area contributed by atoms with Crippen LogP contribution in [0.3, 0.4) is 0 Å². The van der Waals surface area contributed by atoms with Gasteiger partial charge in [-0.15, -0.1) is 11.3 Å². The summed E-state index contributed by atoms with van der Waals surface area (Å²) in [6.07, 6.45) is 3.53. The van der Waals surface area contributed by atoms with E-state index in [9.17, 15) is 0 Å². The molecular formula is C14H19N7S. The number of nitrogens with zero attached hydrogens (tertiary/aromatic N) is 6. The van der Waals surface area contributed by atoms with Gasteiger partial charge in [-0.2, -0.15) is 0 Å². The lowest BCUT2D eigenvalue weighted by molar-refractivity contribution is 0.378. The second-order valence-electron chi connectivity index (χ2n) is 5.06. The molecule has 0 atom stereocenters. The maximum Gasteiger partial charge on any atom is 0.225 e. The number of nitrogens with two attached hydrogens (primary N) is 1. The van der Waals surface area contributed by atoms with E-state index >= 15 is 0 Å². The third kappa shape index (κ3) is 3.33. The molecule has 0 unspecified atom stereocenters. The third-order valence-corrected chi connectivity index (χ3v) is 4.59. The van der Waals surface area contributed by atoms with Crippen LogP contribution < -0.4 is 10.6 Å². The zero-order chi connectivity index (χ0) is 15.4. The van der Waals surface area contributed by atoms with E-state index < -0.39 is 0 Å². The van der Waals surface area contributed by atoms with E-state index in [1.165, 1.54) is 4.88 Å². The highest BCUT2D eigenvalue weighted by Gasteiger charge is 2.19. The van der Waals surface area contributed by atoms with Gasteiger partial charge in [-0.1, -0.05) is 0 Å². The van der Waals surface area contributed by atoms with Crippen molar-refractivity contribution in [3.8, 4) is 0 Å². The van der Waals surface area contributed by atoms with Crippen molar-refractivity contribution in [1.29, 1.82) is 0 Å². The van der Waals surface area contributed by atoms with Crippen LogP contribution in [0.25, 0.3) is 0 Å². The fourth-order valence-corrected chi connectivity index (χ4v) is 3.02. The first-order valence-corrected chi connectivity index (χ1v) is 8.08. The first-order valence-electron chi connectivity index (χ1n) is 7.20. The summed E-state index contributed by atoms with van der Waals surface area (Å²) in [7, 11) is 0. The van der Waals surface area contributed by atoms with Gasteiger partial charge in [0.05, 0.1) is 17.7 Å². The fourth-order valence-electron chi connectivity index (χ4n) is 2.32. The first kappa shape index (κ1) is 14.7. The topological polar surface area (TPSA) is 83.5 Å². The van der Waals surface area contributed by atoms with Gasteiger partial charge in [0, 0.05) is 43.4 Å². The second kappa shape index (κ2) is 6.69. The van der Waals surface area contributed by atoms with E-state index in [1.54, 1.807) is 23.7 Å². The highest BCUT2D eigenvalue weighted by atomic mass is 32.1. The lowest BCUT2D eigenvalue weighted by Gasteiger charge is -2.35. The van der Waals surface area contributed by atoms with E-state index in [-0.39, 0.29) is 0 Å². The second-order valence-corrected chi connectivity index (χ2v) is 6.00. The molecule has 1 aliphatic heterocycles. The zero-order valence-corrected chi connectivity index (χ0v) is 13.3. The van der Waals surface area contributed by atoms with Crippen LogP contribution in [0.15, 0.2) is 29.0 Å². The monoisotopic (exact) mass is 317 g/mol. The normalized spacial score (nSPS) is 16.1. The Morgan fingerprint density at radius 3 is 2.59 bits per heavy atom. The number of aliphatic imine (C=N–C) groups is 1. The molecule has 1 saturated heterocycles. The molecule has 0 aromatic carbocycles. The molecule has 1 fully saturated rings. The molecule has 8 heteroatoms. The minimum Gasteiger partial charge on any atom is -0.370 e. The predicted molar refractivity (Wildman–Crippen MR) is 88.0 cm³/mol. The van der Waals surface area contributed by atoms with Gasteiger partial charge in [0.1, 0.15) is 0 Å². The van der Waals surface area contributed by atoms with Gasteiger partial charge in [-0.05, 0) is 13.0 Å². The Morgan fingerprint density at radius 2 is 1.95 bits per heavy atom. The summed E-state index contributed by atoms with van der Waals surface area (Å²) < 4.78 is 0. The van der Waals surface area contributed by atoms with E-state index in [1.807, 2.05) is 18.5 Å². The van der Waals surface area contributed by atoms with Gasteiger partial charge in [-0.25, -0.2) is 19.9 Å². The van der Waals surface area contributed by atoms with Crippen molar-refractivity contribution in [1.82, 2.24) is 19.9 Å². The molecule has 3 rings (SSSR count). The molecule has 2 aromatic rings. The Balaban J connectivity index is 1.55. The van der Waals surface area contributed by atoms with Crippen molar-refractivity contribution in [2.24, 2.45) is 10.7 Å². The number of hydrogen-bond acceptors (Lipinski definition) is 6. The molecule has 22 heavy (non-hydrogen) atoms. The Bertz CT molecular complexity index is 632. The SMILES string of the molecule is Cc1ncsc1CN=C(N)N1CCN(c2ncccn2)CC1. The summed E-state index contributed by atoms with van der Waals surface area (Å²) in [5, 5.41) is 0. The molecule has 116 valence electrons. The molecule has 0 spiro atoms. The average molecular weight is 317 g/mol. The number of aromatic nitrogens is 3. The molecule has 0 radical (unpaired) electrons. The van der Waals surface area contributed by atoms with Crippen molar-refractivity contribution in [2.45, 2.75) is 13.5 Å². The van der Waals surface area contributed by atoms with Crippen LogP contribution in [-0.4, -0.2) is 52.0 Å². The standard InChI is InChI=1S/C14H19N7S/c1-11-12(22-10-19-11)9-18-13(15)20-5-7-21(8-6-20)14-16-3-2-4-17-14/h2-4,10H,5-9H2,1H3,(H2,15,18).